The van der Waals surface area contributed by atoms with Crippen LogP contribution >= 0.6 is 0 Å². The molecule has 0 aromatic heterocycles. The van der Waals surface area contributed by atoms with Crippen molar-refractivity contribution in [1.82, 2.24) is 5.32 Å². The molecule has 0 aliphatic heterocycles. The molecular formula is C21H27F2NO2Si. The number of carbonyl (C=O) groups excluding carboxylic acids is 1. The minimum atomic E-state index is -2.09. The van der Waals surface area contributed by atoms with Crippen LogP contribution in [0.1, 0.15) is 42.8 Å². The van der Waals surface area contributed by atoms with Crippen LogP contribution in [0.15, 0.2) is 48.5 Å². The topological polar surface area (TPSA) is 38.3 Å². The number of carbonyl (C=O) groups is 1. The van der Waals surface area contributed by atoms with Crippen molar-refractivity contribution in [1.29, 1.82) is 0 Å². The molecule has 0 saturated heterocycles. The van der Waals surface area contributed by atoms with Crippen LogP contribution in [0.25, 0.3) is 0 Å². The van der Waals surface area contributed by atoms with Gasteiger partial charge in [-0.3, -0.25) is 4.79 Å². The smallest absolute Gasteiger partial charge is 0.251 e. The highest BCUT2D eigenvalue weighted by Crippen LogP contribution is 2.39. The summed E-state index contributed by atoms with van der Waals surface area (Å²) in [5.74, 6) is -2.09. The summed E-state index contributed by atoms with van der Waals surface area (Å²) in [5, 5.41) is 2.76. The van der Waals surface area contributed by atoms with Gasteiger partial charge in [0.1, 0.15) is 11.6 Å². The van der Waals surface area contributed by atoms with Gasteiger partial charge in [0.15, 0.2) is 8.32 Å². The zero-order valence-electron chi connectivity index (χ0n) is 16.5. The molecule has 0 aliphatic carbocycles. The standard InChI is InChI=1S/C21H27F2NO2Si/c1-21(2,3)27(4,5)26-19(15-9-7-6-8-10-15)14-24-20(25)16-11-17(22)13-18(23)12-16/h6-13,19H,14H2,1-5H3,(H,24,25). The van der Waals surface area contributed by atoms with Crippen molar-refractivity contribution in [3.05, 3.63) is 71.3 Å². The predicted octanol–water partition coefficient (Wildman–Crippen LogP) is 5.46. The van der Waals surface area contributed by atoms with E-state index in [-0.39, 0.29) is 23.3 Å². The summed E-state index contributed by atoms with van der Waals surface area (Å²) in [6.45, 7) is 11.0. The van der Waals surface area contributed by atoms with Crippen molar-refractivity contribution < 1.29 is 18.0 Å². The monoisotopic (exact) mass is 391 g/mol. The normalized spacial score (nSPS) is 13.3. The molecule has 2 aromatic rings. The van der Waals surface area contributed by atoms with Crippen molar-refractivity contribution in [2.24, 2.45) is 0 Å². The first-order valence-electron chi connectivity index (χ1n) is 8.97. The molecule has 1 N–H and O–H groups in total. The number of amides is 1. The van der Waals surface area contributed by atoms with Gasteiger partial charge in [0.25, 0.3) is 5.91 Å². The highest BCUT2D eigenvalue weighted by atomic mass is 28.4. The third-order valence-corrected chi connectivity index (χ3v) is 9.47. The van der Waals surface area contributed by atoms with Gasteiger partial charge < -0.3 is 9.74 Å². The molecule has 0 saturated carbocycles. The first-order chi connectivity index (χ1) is 12.5. The van der Waals surface area contributed by atoms with E-state index < -0.39 is 25.9 Å². The maximum absolute atomic E-state index is 13.4. The molecule has 0 heterocycles. The Kier molecular flexibility index (Phi) is 6.54. The predicted molar refractivity (Wildman–Crippen MR) is 106 cm³/mol. The molecular weight excluding hydrogens is 364 g/mol. The van der Waals surface area contributed by atoms with Crippen LogP contribution in [0.5, 0.6) is 0 Å². The van der Waals surface area contributed by atoms with Gasteiger partial charge in [0.2, 0.25) is 0 Å². The largest absolute Gasteiger partial charge is 0.408 e. The molecule has 0 bridgehead atoms. The molecule has 1 unspecified atom stereocenters. The Morgan fingerprint density at radius 3 is 2.15 bits per heavy atom. The van der Waals surface area contributed by atoms with Crippen LogP contribution in [0.3, 0.4) is 0 Å². The highest BCUT2D eigenvalue weighted by molar-refractivity contribution is 6.74. The Morgan fingerprint density at radius 2 is 1.63 bits per heavy atom. The maximum atomic E-state index is 13.4. The highest BCUT2D eigenvalue weighted by Gasteiger charge is 2.39. The van der Waals surface area contributed by atoms with E-state index in [1.165, 1.54) is 0 Å². The molecule has 0 aliphatic rings. The van der Waals surface area contributed by atoms with E-state index in [2.05, 4.69) is 39.2 Å². The average Bonchev–Trinajstić information content (AvgIpc) is 2.57. The number of hydrogen-bond donors (Lipinski definition) is 1. The molecule has 3 nitrogen and oxygen atoms in total. The Hall–Kier alpha value is -2.05. The van der Waals surface area contributed by atoms with Crippen LogP contribution in [-0.4, -0.2) is 20.8 Å². The number of hydrogen-bond acceptors (Lipinski definition) is 2. The Morgan fingerprint density at radius 1 is 1.07 bits per heavy atom. The summed E-state index contributed by atoms with van der Waals surface area (Å²) in [7, 11) is -2.09. The molecule has 2 rings (SSSR count). The minimum Gasteiger partial charge on any atom is -0.408 e. The molecule has 27 heavy (non-hydrogen) atoms. The summed E-state index contributed by atoms with van der Waals surface area (Å²) in [5.41, 5.74) is 0.902. The first kappa shape index (κ1) is 21.2. The van der Waals surface area contributed by atoms with Crippen molar-refractivity contribution in [2.45, 2.75) is 45.0 Å². The van der Waals surface area contributed by atoms with Gasteiger partial charge in [-0.1, -0.05) is 51.1 Å². The molecule has 0 radical (unpaired) electrons. The quantitative estimate of drug-likeness (QED) is 0.664. The fourth-order valence-corrected chi connectivity index (χ4v) is 3.68. The second kappa shape index (κ2) is 8.31. The maximum Gasteiger partial charge on any atom is 0.251 e. The fourth-order valence-electron chi connectivity index (χ4n) is 2.40. The zero-order valence-corrected chi connectivity index (χ0v) is 17.5. The number of halogens is 2. The average molecular weight is 392 g/mol. The second-order valence-corrected chi connectivity index (χ2v) is 12.9. The first-order valence-corrected chi connectivity index (χ1v) is 11.9. The van der Waals surface area contributed by atoms with Crippen LogP contribution in [0.2, 0.25) is 18.1 Å². The third kappa shape index (κ3) is 5.71. The lowest BCUT2D eigenvalue weighted by Crippen LogP contribution is -2.44. The lowest BCUT2D eigenvalue weighted by Gasteiger charge is -2.39. The molecule has 0 fully saturated rings. The second-order valence-electron chi connectivity index (χ2n) is 8.15. The molecule has 0 spiro atoms. The summed E-state index contributed by atoms with van der Waals surface area (Å²) < 4.78 is 33.2. The lowest BCUT2D eigenvalue weighted by molar-refractivity contribution is 0.0920. The molecule has 1 amide bonds. The summed E-state index contributed by atoms with van der Waals surface area (Å²) in [4.78, 5) is 12.4. The van der Waals surface area contributed by atoms with E-state index >= 15 is 0 Å². The zero-order chi connectivity index (χ0) is 20.2. The Bertz CT molecular complexity index is 768. The van der Waals surface area contributed by atoms with E-state index in [0.717, 1.165) is 23.8 Å². The van der Waals surface area contributed by atoms with E-state index in [1.807, 2.05) is 30.3 Å². The van der Waals surface area contributed by atoms with E-state index in [9.17, 15) is 13.6 Å². The van der Waals surface area contributed by atoms with Gasteiger partial charge in [-0.05, 0) is 35.8 Å². The molecule has 146 valence electrons. The summed E-state index contributed by atoms with van der Waals surface area (Å²) >= 11 is 0. The van der Waals surface area contributed by atoms with Gasteiger partial charge in [-0.2, -0.15) is 0 Å². The van der Waals surface area contributed by atoms with Crippen LogP contribution in [0, 0.1) is 11.6 Å². The van der Waals surface area contributed by atoms with Crippen molar-refractivity contribution in [2.75, 3.05) is 6.54 Å². The van der Waals surface area contributed by atoms with Crippen LogP contribution in [-0.2, 0) is 4.43 Å². The van der Waals surface area contributed by atoms with Gasteiger partial charge in [0.05, 0.1) is 6.10 Å². The van der Waals surface area contributed by atoms with Crippen molar-refractivity contribution in [3.63, 3.8) is 0 Å². The third-order valence-electron chi connectivity index (χ3n) is 4.99. The molecule has 6 heteroatoms. The minimum absolute atomic E-state index is 0.00965. The van der Waals surface area contributed by atoms with Crippen LogP contribution in [0.4, 0.5) is 8.78 Å². The van der Waals surface area contributed by atoms with Crippen LogP contribution < -0.4 is 5.32 Å². The Balaban J connectivity index is 2.18. The number of rotatable bonds is 6. The fraction of sp³-hybridized carbons (Fsp3) is 0.381. The van der Waals surface area contributed by atoms with Gasteiger partial charge in [-0.15, -0.1) is 0 Å². The Labute approximate surface area is 160 Å². The van der Waals surface area contributed by atoms with Crippen molar-refractivity contribution in [3.8, 4) is 0 Å². The lowest BCUT2D eigenvalue weighted by atomic mass is 10.1. The van der Waals surface area contributed by atoms with E-state index in [4.69, 9.17) is 4.43 Å². The summed E-state index contributed by atoms with van der Waals surface area (Å²) in [6, 6.07) is 12.4. The SMILES string of the molecule is CC(C)(C)[Si](C)(C)OC(CNC(=O)c1cc(F)cc(F)c1)c1ccccc1. The van der Waals surface area contributed by atoms with E-state index in [0.29, 0.717) is 0 Å². The van der Waals surface area contributed by atoms with E-state index in [1.54, 1.807) is 0 Å². The van der Waals surface area contributed by atoms with Gasteiger partial charge >= 0.3 is 0 Å². The van der Waals surface area contributed by atoms with Crippen molar-refractivity contribution >= 4 is 14.2 Å². The van der Waals surface area contributed by atoms with Gasteiger partial charge in [0, 0.05) is 18.2 Å². The number of benzene rings is 2. The molecule has 2 aromatic carbocycles. The number of nitrogens with one attached hydrogen (secondary N) is 1. The van der Waals surface area contributed by atoms with Gasteiger partial charge in [-0.25, -0.2) is 8.78 Å². The summed E-state index contributed by atoms with van der Waals surface area (Å²) in [6.07, 6.45) is -0.338. The molecule has 1 atom stereocenters.